The van der Waals surface area contributed by atoms with Crippen molar-refractivity contribution >= 4 is 22.7 Å². The fourth-order valence-electron chi connectivity index (χ4n) is 2.28. The van der Waals surface area contributed by atoms with Crippen LogP contribution in [0.2, 0.25) is 0 Å². The fourth-order valence-corrected chi connectivity index (χ4v) is 2.63. The molecule has 0 atom stereocenters. The van der Waals surface area contributed by atoms with Crippen molar-refractivity contribution in [3.05, 3.63) is 64.2 Å². The van der Waals surface area contributed by atoms with Gasteiger partial charge in [-0.3, -0.25) is 4.79 Å². The molecule has 0 aliphatic carbocycles. The van der Waals surface area contributed by atoms with E-state index in [9.17, 15) is 4.79 Å². The van der Waals surface area contributed by atoms with Gasteiger partial charge in [-0.05, 0) is 24.8 Å². The van der Waals surface area contributed by atoms with Crippen molar-refractivity contribution in [2.45, 2.75) is 18.6 Å². The lowest BCUT2D eigenvalue weighted by atomic mass is 10.1. The Morgan fingerprint density at radius 2 is 2.14 bits per heavy atom. The van der Waals surface area contributed by atoms with Crippen LogP contribution in [0.3, 0.4) is 0 Å². The van der Waals surface area contributed by atoms with Crippen LogP contribution in [-0.4, -0.2) is 20.8 Å². The molecule has 3 rings (SSSR count). The molecule has 3 aromatic rings. The maximum Gasteiger partial charge on any atom is 0.261 e. The molecule has 0 amide bonds. The second-order valence-corrected chi connectivity index (χ2v) is 5.67. The summed E-state index contributed by atoms with van der Waals surface area (Å²) in [4.78, 5) is 21.0. The summed E-state index contributed by atoms with van der Waals surface area (Å²) in [5.41, 5.74) is 2.94. The normalized spacial score (nSPS) is 11.0. The molecule has 0 unspecified atom stereocenters. The number of fused-ring (bicyclic) bond motifs is 1. The number of benzene rings is 1. The summed E-state index contributed by atoms with van der Waals surface area (Å²) >= 11 is 1.47. The number of pyridine rings is 1. The molecule has 0 fully saturated rings. The van der Waals surface area contributed by atoms with E-state index in [1.165, 1.54) is 17.3 Å². The molecule has 21 heavy (non-hydrogen) atoms. The molecule has 2 aromatic heterocycles. The highest BCUT2D eigenvalue weighted by Gasteiger charge is 2.06. The topological polar surface area (TPSA) is 47.8 Å². The summed E-state index contributed by atoms with van der Waals surface area (Å²) in [6.45, 7) is 2.60. The maximum absolute atomic E-state index is 12.5. The predicted octanol–water partition coefficient (Wildman–Crippen LogP) is 2.87. The molecule has 0 radical (unpaired) electrons. The van der Waals surface area contributed by atoms with Crippen LogP contribution in [0.25, 0.3) is 10.9 Å². The number of hydrogen-bond donors (Lipinski definition) is 0. The van der Waals surface area contributed by atoms with Crippen LogP contribution >= 0.6 is 11.8 Å². The average Bonchev–Trinajstić information content (AvgIpc) is 2.50. The Morgan fingerprint density at radius 1 is 1.29 bits per heavy atom. The van der Waals surface area contributed by atoms with E-state index in [-0.39, 0.29) is 5.56 Å². The lowest BCUT2D eigenvalue weighted by Gasteiger charge is -2.08. The minimum atomic E-state index is -0.0540. The minimum absolute atomic E-state index is 0.0540. The van der Waals surface area contributed by atoms with Gasteiger partial charge in [-0.2, -0.15) is 0 Å². The van der Waals surface area contributed by atoms with Crippen LogP contribution in [0.15, 0.2) is 52.7 Å². The van der Waals surface area contributed by atoms with Gasteiger partial charge in [-0.15, -0.1) is 0 Å². The maximum atomic E-state index is 12.5. The van der Waals surface area contributed by atoms with Crippen molar-refractivity contribution in [3.63, 3.8) is 0 Å². The van der Waals surface area contributed by atoms with E-state index in [0.717, 1.165) is 5.56 Å². The highest BCUT2D eigenvalue weighted by molar-refractivity contribution is 7.98. The minimum Gasteiger partial charge on any atom is -0.310 e. The Hall–Kier alpha value is -2.14. The highest BCUT2D eigenvalue weighted by Crippen LogP contribution is 2.13. The second-order valence-electron chi connectivity index (χ2n) is 4.89. The summed E-state index contributed by atoms with van der Waals surface area (Å²) in [5, 5.41) is 1.24. The first kappa shape index (κ1) is 13.8. The van der Waals surface area contributed by atoms with Crippen LogP contribution in [0.5, 0.6) is 0 Å². The Labute approximate surface area is 126 Å². The Bertz CT molecular complexity index is 858. The molecule has 0 N–H and O–H groups in total. The molecule has 0 aliphatic heterocycles. The Morgan fingerprint density at radius 3 is 2.90 bits per heavy atom. The summed E-state index contributed by atoms with van der Waals surface area (Å²) in [6.07, 6.45) is 5.33. The van der Waals surface area contributed by atoms with Crippen molar-refractivity contribution in [1.82, 2.24) is 14.5 Å². The number of nitrogens with zero attached hydrogens (tertiary/aromatic N) is 3. The van der Waals surface area contributed by atoms with E-state index >= 15 is 0 Å². The zero-order valence-corrected chi connectivity index (χ0v) is 12.7. The number of hydrogen-bond acceptors (Lipinski definition) is 4. The van der Waals surface area contributed by atoms with Gasteiger partial charge in [-0.1, -0.05) is 41.6 Å². The van der Waals surface area contributed by atoms with Gasteiger partial charge in [0.05, 0.1) is 17.4 Å². The third kappa shape index (κ3) is 2.83. The number of rotatable bonds is 3. The third-order valence-electron chi connectivity index (χ3n) is 3.32. The van der Waals surface area contributed by atoms with Gasteiger partial charge in [0.25, 0.3) is 5.56 Å². The largest absolute Gasteiger partial charge is 0.310 e. The lowest BCUT2D eigenvalue weighted by Crippen LogP contribution is -2.20. The first-order valence-electron chi connectivity index (χ1n) is 6.63. The summed E-state index contributed by atoms with van der Waals surface area (Å²) < 4.78 is 1.69. The Balaban J connectivity index is 2.04. The number of thioether (sulfide) groups is 1. The van der Waals surface area contributed by atoms with Crippen LogP contribution < -0.4 is 5.56 Å². The van der Waals surface area contributed by atoms with Crippen LogP contribution in [-0.2, 0) is 6.54 Å². The molecule has 106 valence electrons. The van der Waals surface area contributed by atoms with Crippen LogP contribution in [0, 0.1) is 6.92 Å². The van der Waals surface area contributed by atoms with E-state index in [2.05, 4.69) is 16.0 Å². The van der Waals surface area contributed by atoms with Crippen LogP contribution in [0.4, 0.5) is 0 Å². The van der Waals surface area contributed by atoms with Gasteiger partial charge in [0.2, 0.25) is 0 Å². The summed E-state index contributed by atoms with van der Waals surface area (Å²) in [5.74, 6) is 0. The van der Waals surface area contributed by atoms with E-state index in [0.29, 0.717) is 22.6 Å². The summed E-state index contributed by atoms with van der Waals surface area (Å²) in [6, 6.07) is 10.0. The Kier molecular flexibility index (Phi) is 3.75. The van der Waals surface area contributed by atoms with E-state index < -0.39 is 0 Å². The SMILES string of the molecule is CSc1ncc2c(=O)n(Cc3cccc(C)c3)ccc2n1. The van der Waals surface area contributed by atoms with E-state index in [1.807, 2.05) is 37.4 Å². The van der Waals surface area contributed by atoms with Gasteiger partial charge in [0.1, 0.15) is 0 Å². The first-order valence-corrected chi connectivity index (χ1v) is 7.85. The first-order chi connectivity index (χ1) is 10.2. The van der Waals surface area contributed by atoms with E-state index in [4.69, 9.17) is 0 Å². The standard InChI is InChI=1S/C16H15N3OS/c1-11-4-3-5-12(8-11)10-19-7-6-14-13(15(19)20)9-17-16(18-14)21-2/h3-9H,10H2,1-2H3. The fraction of sp³-hybridized carbons (Fsp3) is 0.188. The van der Waals surface area contributed by atoms with Crippen molar-refractivity contribution in [2.24, 2.45) is 0 Å². The average molecular weight is 297 g/mol. The molecule has 0 saturated carbocycles. The molecule has 0 spiro atoms. The number of aromatic nitrogens is 3. The molecule has 0 saturated heterocycles. The van der Waals surface area contributed by atoms with Gasteiger partial charge in [-0.25, -0.2) is 9.97 Å². The smallest absolute Gasteiger partial charge is 0.261 e. The zero-order chi connectivity index (χ0) is 14.8. The molecule has 5 heteroatoms. The van der Waals surface area contributed by atoms with Crippen LogP contribution in [0.1, 0.15) is 11.1 Å². The number of aryl methyl sites for hydroxylation is 1. The molecule has 0 bridgehead atoms. The molecular weight excluding hydrogens is 282 g/mol. The second kappa shape index (κ2) is 5.69. The highest BCUT2D eigenvalue weighted by atomic mass is 32.2. The molecular formula is C16H15N3OS. The van der Waals surface area contributed by atoms with Gasteiger partial charge in [0.15, 0.2) is 5.16 Å². The van der Waals surface area contributed by atoms with Gasteiger partial charge in [0, 0.05) is 12.4 Å². The van der Waals surface area contributed by atoms with Gasteiger partial charge < -0.3 is 4.57 Å². The molecule has 4 nitrogen and oxygen atoms in total. The quantitative estimate of drug-likeness (QED) is 0.551. The van der Waals surface area contributed by atoms with E-state index in [1.54, 1.807) is 17.0 Å². The predicted molar refractivity (Wildman–Crippen MR) is 85.9 cm³/mol. The van der Waals surface area contributed by atoms with Crippen molar-refractivity contribution < 1.29 is 0 Å². The van der Waals surface area contributed by atoms with Gasteiger partial charge >= 0.3 is 0 Å². The monoisotopic (exact) mass is 297 g/mol. The molecule has 2 heterocycles. The molecule has 0 aliphatic rings. The van der Waals surface area contributed by atoms with Crippen molar-refractivity contribution in [2.75, 3.05) is 6.26 Å². The lowest BCUT2D eigenvalue weighted by molar-refractivity contribution is 0.765. The summed E-state index contributed by atoms with van der Waals surface area (Å²) in [7, 11) is 0. The third-order valence-corrected chi connectivity index (χ3v) is 3.88. The van der Waals surface area contributed by atoms with Crippen molar-refractivity contribution in [3.8, 4) is 0 Å². The zero-order valence-electron chi connectivity index (χ0n) is 11.9. The molecule has 1 aromatic carbocycles. The van der Waals surface area contributed by atoms with Crippen molar-refractivity contribution in [1.29, 1.82) is 0 Å².